The Kier molecular flexibility index (Phi) is 3.52. The second kappa shape index (κ2) is 4.94. The van der Waals surface area contributed by atoms with Crippen LogP contribution < -0.4 is 4.74 Å². The largest absolute Gasteiger partial charge is 0.484 e. The van der Waals surface area contributed by atoms with Crippen molar-refractivity contribution in [3.05, 3.63) is 44.9 Å². The maximum Gasteiger partial charge on any atom is 0.318 e. The number of nitrogens with zero attached hydrogens (tertiary/aromatic N) is 1. The number of fused-ring (bicyclic) bond motifs is 1. The third-order valence-electron chi connectivity index (χ3n) is 2.46. The molecule has 0 unspecified atom stereocenters. The standard InChI is InChI=1S/C13H12BrNO3/c1-8(2)18-12-6-4-9-3-5-10(14)7-11(9)13(12)15(16)17/h3-8H,1-2H3. The predicted octanol–water partition coefficient (Wildman–Crippen LogP) is 4.30. The van der Waals surface area contributed by atoms with Gasteiger partial charge < -0.3 is 4.74 Å². The Morgan fingerprint density at radius 3 is 2.56 bits per heavy atom. The van der Waals surface area contributed by atoms with Crippen molar-refractivity contribution in [3.63, 3.8) is 0 Å². The number of halogens is 1. The van der Waals surface area contributed by atoms with E-state index >= 15 is 0 Å². The van der Waals surface area contributed by atoms with Crippen LogP contribution in [0.3, 0.4) is 0 Å². The van der Waals surface area contributed by atoms with E-state index in [1.807, 2.05) is 32.0 Å². The minimum Gasteiger partial charge on any atom is -0.484 e. The molecular formula is C13H12BrNO3. The number of ether oxygens (including phenoxy) is 1. The van der Waals surface area contributed by atoms with E-state index < -0.39 is 4.92 Å². The van der Waals surface area contributed by atoms with Gasteiger partial charge >= 0.3 is 5.69 Å². The summed E-state index contributed by atoms with van der Waals surface area (Å²) in [5.41, 5.74) is 0.0162. The predicted molar refractivity (Wildman–Crippen MR) is 74.1 cm³/mol. The number of rotatable bonds is 3. The van der Waals surface area contributed by atoms with Crippen LogP contribution in [0.15, 0.2) is 34.8 Å². The monoisotopic (exact) mass is 309 g/mol. The van der Waals surface area contributed by atoms with Gasteiger partial charge in [0, 0.05) is 4.47 Å². The van der Waals surface area contributed by atoms with Crippen LogP contribution in [0, 0.1) is 10.1 Å². The second-order valence-corrected chi connectivity index (χ2v) is 5.12. The van der Waals surface area contributed by atoms with Crippen LogP contribution >= 0.6 is 15.9 Å². The summed E-state index contributed by atoms with van der Waals surface area (Å²) in [5, 5.41) is 12.6. The molecule has 2 aromatic carbocycles. The molecule has 5 heteroatoms. The molecule has 0 saturated carbocycles. The molecule has 0 aromatic heterocycles. The lowest BCUT2D eigenvalue weighted by atomic mass is 10.1. The lowest BCUT2D eigenvalue weighted by Crippen LogP contribution is -2.07. The van der Waals surface area contributed by atoms with Crippen LogP contribution in [0.5, 0.6) is 5.75 Å². The van der Waals surface area contributed by atoms with Crippen molar-refractivity contribution in [2.45, 2.75) is 20.0 Å². The summed E-state index contributed by atoms with van der Waals surface area (Å²) in [6.07, 6.45) is -0.103. The lowest BCUT2D eigenvalue weighted by molar-refractivity contribution is -0.384. The Morgan fingerprint density at radius 2 is 1.94 bits per heavy atom. The molecule has 0 heterocycles. The Morgan fingerprint density at radius 1 is 1.28 bits per heavy atom. The van der Waals surface area contributed by atoms with Crippen LogP contribution in [0.2, 0.25) is 0 Å². The Labute approximate surface area is 113 Å². The number of nitro groups is 1. The van der Waals surface area contributed by atoms with Crippen LogP contribution in [-0.2, 0) is 0 Å². The SMILES string of the molecule is CC(C)Oc1ccc2ccc(Br)cc2c1[N+](=O)[O-]. The third-order valence-corrected chi connectivity index (χ3v) is 2.96. The van der Waals surface area contributed by atoms with Gasteiger partial charge in [0.2, 0.25) is 0 Å². The fourth-order valence-electron chi connectivity index (χ4n) is 1.79. The minimum absolute atomic E-state index is 0.0162. The maximum atomic E-state index is 11.2. The molecule has 0 atom stereocenters. The topological polar surface area (TPSA) is 52.4 Å². The highest BCUT2D eigenvalue weighted by atomic mass is 79.9. The van der Waals surface area contributed by atoms with Crippen molar-refractivity contribution < 1.29 is 9.66 Å². The normalized spacial score (nSPS) is 10.9. The van der Waals surface area contributed by atoms with E-state index in [-0.39, 0.29) is 11.8 Å². The molecule has 0 aliphatic rings. The highest BCUT2D eigenvalue weighted by molar-refractivity contribution is 9.10. The first kappa shape index (κ1) is 12.8. The molecule has 0 spiro atoms. The smallest absolute Gasteiger partial charge is 0.318 e. The van der Waals surface area contributed by atoms with Crippen molar-refractivity contribution >= 4 is 32.4 Å². The van der Waals surface area contributed by atoms with Crippen LogP contribution in [0.25, 0.3) is 10.8 Å². The highest BCUT2D eigenvalue weighted by Crippen LogP contribution is 2.36. The van der Waals surface area contributed by atoms with Gasteiger partial charge in [0.15, 0.2) is 5.75 Å². The van der Waals surface area contributed by atoms with E-state index in [0.29, 0.717) is 11.1 Å². The first-order valence-corrected chi connectivity index (χ1v) is 6.31. The van der Waals surface area contributed by atoms with E-state index in [2.05, 4.69) is 15.9 Å². The summed E-state index contributed by atoms with van der Waals surface area (Å²) in [7, 11) is 0. The van der Waals surface area contributed by atoms with Crippen LogP contribution in [0.4, 0.5) is 5.69 Å². The van der Waals surface area contributed by atoms with Gasteiger partial charge in [-0.1, -0.05) is 28.1 Å². The van der Waals surface area contributed by atoms with Gasteiger partial charge in [-0.2, -0.15) is 0 Å². The maximum absolute atomic E-state index is 11.2. The van der Waals surface area contributed by atoms with Crippen molar-refractivity contribution in [1.29, 1.82) is 0 Å². The average Bonchev–Trinajstić information content (AvgIpc) is 2.26. The summed E-state index contributed by atoms with van der Waals surface area (Å²) in [6.45, 7) is 3.68. The van der Waals surface area contributed by atoms with E-state index in [1.54, 1.807) is 12.1 Å². The molecule has 2 rings (SSSR count). The Hall–Kier alpha value is -1.62. The van der Waals surface area contributed by atoms with Gasteiger partial charge in [0.1, 0.15) is 0 Å². The molecule has 0 aliphatic heterocycles. The summed E-state index contributed by atoms with van der Waals surface area (Å²) in [5.74, 6) is 0.306. The van der Waals surface area contributed by atoms with Gasteiger partial charge in [-0.3, -0.25) is 10.1 Å². The Bertz CT molecular complexity index is 610. The number of hydrogen-bond donors (Lipinski definition) is 0. The molecule has 0 bridgehead atoms. The van der Waals surface area contributed by atoms with E-state index in [1.165, 1.54) is 0 Å². The van der Waals surface area contributed by atoms with Crippen molar-refractivity contribution in [3.8, 4) is 5.75 Å². The molecule has 94 valence electrons. The fourth-order valence-corrected chi connectivity index (χ4v) is 2.15. The van der Waals surface area contributed by atoms with Gasteiger partial charge in [-0.05, 0) is 37.4 Å². The summed E-state index contributed by atoms with van der Waals surface area (Å²) in [6, 6.07) is 8.90. The average molecular weight is 310 g/mol. The van der Waals surface area contributed by atoms with Crippen molar-refractivity contribution in [2.75, 3.05) is 0 Å². The van der Waals surface area contributed by atoms with Gasteiger partial charge in [0.05, 0.1) is 16.4 Å². The van der Waals surface area contributed by atoms with E-state index in [0.717, 1.165) is 9.86 Å². The molecule has 0 fully saturated rings. The molecule has 0 saturated heterocycles. The van der Waals surface area contributed by atoms with Gasteiger partial charge in [-0.25, -0.2) is 0 Å². The highest BCUT2D eigenvalue weighted by Gasteiger charge is 2.20. The summed E-state index contributed by atoms with van der Waals surface area (Å²) >= 11 is 3.33. The molecule has 0 N–H and O–H groups in total. The lowest BCUT2D eigenvalue weighted by Gasteiger charge is -2.11. The quantitative estimate of drug-likeness (QED) is 0.627. The summed E-state index contributed by atoms with van der Waals surface area (Å²) < 4.78 is 6.30. The number of benzene rings is 2. The number of nitro benzene ring substituents is 1. The van der Waals surface area contributed by atoms with Crippen LogP contribution in [-0.4, -0.2) is 11.0 Å². The zero-order chi connectivity index (χ0) is 13.3. The minimum atomic E-state index is -0.396. The molecule has 0 radical (unpaired) electrons. The van der Waals surface area contributed by atoms with E-state index in [4.69, 9.17) is 4.74 Å². The molecule has 0 aliphatic carbocycles. The molecule has 2 aromatic rings. The van der Waals surface area contributed by atoms with Crippen LogP contribution in [0.1, 0.15) is 13.8 Å². The van der Waals surface area contributed by atoms with Gasteiger partial charge in [0.25, 0.3) is 0 Å². The Balaban J connectivity index is 2.72. The van der Waals surface area contributed by atoms with Crippen molar-refractivity contribution in [1.82, 2.24) is 0 Å². The molecule has 0 amide bonds. The van der Waals surface area contributed by atoms with E-state index in [9.17, 15) is 10.1 Å². The first-order valence-electron chi connectivity index (χ1n) is 5.52. The zero-order valence-electron chi connectivity index (χ0n) is 10.0. The first-order chi connectivity index (χ1) is 8.49. The molecular weight excluding hydrogens is 298 g/mol. The third kappa shape index (κ3) is 2.46. The van der Waals surface area contributed by atoms with Gasteiger partial charge in [-0.15, -0.1) is 0 Å². The number of hydrogen-bond acceptors (Lipinski definition) is 3. The summed E-state index contributed by atoms with van der Waals surface area (Å²) in [4.78, 5) is 10.8. The molecule has 18 heavy (non-hydrogen) atoms. The zero-order valence-corrected chi connectivity index (χ0v) is 11.6. The fraction of sp³-hybridized carbons (Fsp3) is 0.231. The van der Waals surface area contributed by atoms with Crippen molar-refractivity contribution in [2.24, 2.45) is 0 Å². The second-order valence-electron chi connectivity index (χ2n) is 4.20. The molecule has 4 nitrogen and oxygen atoms in total.